The fourth-order valence-corrected chi connectivity index (χ4v) is 3.24. The van der Waals surface area contributed by atoms with Gasteiger partial charge in [-0.25, -0.2) is 18.9 Å². The Morgan fingerprint density at radius 3 is 2.92 bits per heavy atom. The summed E-state index contributed by atoms with van der Waals surface area (Å²) in [5.41, 5.74) is -0.332. The van der Waals surface area contributed by atoms with Crippen LogP contribution in [0.3, 0.4) is 0 Å². The number of aromatic nitrogens is 5. The standard InChI is InChI=1S/C12H13FN5O7P/c13-6-8(19)5(3-24-26(21,22)23)25-11(6)18-4-15-7-9(20)16-12-14-1-2-17(12)10(7)18/h1-2,4-6,8,11,19H,3H2,(H,14,16,20)(H2,21,22,23)/t5-,6+,8-,11-/m1/s1. The molecule has 26 heavy (non-hydrogen) atoms. The first-order valence-corrected chi connectivity index (χ1v) is 8.89. The average Bonchev–Trinajstić information content (AvgIpc) is 3.24. The minimum absolute atomic E-state index is 0.00991. The number of phosphoric ester groups is 1. The summed E-state index contributed by atoms with van der Waals surface area (Å²) < 4.78 is 37.7. The quantitative estimate of drug-likeness (QED) is 0.413. The number of nitrogens with one attached hydrogen (secondary N) is 1. The van der Waals surface area contributed by atoms with E-state index in [0.717, 1.165) is 0 Å². The van der Waals surface area contributed by atoms with Crippen molar-refractivity contribution in [3.05, 3.63) is 29.1 Å². The molecule has 14 heteroatoms. The summed E-state index contributed by atoms with van der Waals surface area (Å²) >= 11 is 0. The lowest BCUT2D eigenvalue weighted by Crippen LogP contribution is -2.31. The van der Waals surface area contributed by atoms with Crippen molar-refractivity contribution in [2.24, 2.45) is 0 Å². The predicted molar refractivity (Wildman–Crippen MR) is 81.9 cm³/mol. The first-order valence-electron chi connectivity index (χ1n) is 7.36. The maximum atomic E-state index is 14.6. The van der Waals surface area contributed by atoms with Gasteiger partial charge < -0.3 is 19.6 Å². The van der Waals surface area contributed by atoms with Gasteiger partial charge in [0.15, 0.2) is 23.6 Å². The maximum Gasteiger partial charge on any atom is 0.469 e. The normalized spacial score (nSPS) is 26.9. The summed E-state index contributed by atoms with van der Waals surface area (Å²) in [7, 11) is -4.80. The number of nitrogens with zero attached hydrogens (tertiary/aromatic N) is 4. The predicted octanol–water partition coefficient (Wildman–Crippen LogP) is -0.922. The number of alkyl halides is 1. The number of ether oxygens (including phenoxy) is 1. The molecule has 4 N–H and O–H groups in total. The van der Waals surface area contributed by atoms with Crippen LogP contribution >= 0.6 is 7.82 Å². The van der Waals surface area contributed by atoms with Crippen LogP contribution in [0.1, 0.15) is 6.23 Å². The average molecular weight is 389 g/mol. The van der Waals surface area contributed by atoms with Crippen LogP contribution < -0.4 is 5.56 Å². The Morgan fingerprint density at radius 1 is 1.42 bits per heavy atom. The molecule has 0 aliphatic carbocycles. The fraction of sp³-hybridized carbons (Fsp3) is 0.417. The van der Waals surface area contributed by atoms with Gasteiger partial charge in [-0.05, 0) is 0 Å². The van der Waals surface area contributed by atoms with Crippen LogP contribution in [0.15, 0.2) is 23.5 Å². The third kappa shape index (κ3) is 2.74. The van der Waals surface area contributed by atoms with Crippen molar-refractivity contribution in [2.45, 2.75) is 24.6 Å². The Labute approximate surface area is 143 Å². The molecule has 1 aliphatic heterocycles. The van der Waals surface area contributed by atoms with Crippen molar-refractivity contribution in [2.75, 3.05) is 6.61 Å². The van der Waals surface area contributed by atoms with E-state index in [0.29, 0.717) is 0 Å². The number of hydrogen-bond donors (Lipinski definition) is 4. The zero-order valence-corrected chi connectivity index (χ0v) is 13.7. The van der Waals surface area contributed by atoms with E-state index in [-0.39, 0.29) is 16.9 Å². The number of H-pyrrole nitrogens is 1. The molecule has 1 aliphatic rings. The molecule has 4 atom stereocenters. The van der Waals surface area contributed by atoms with Crippen LogP contribution in [0.25, 0.3) is 16.9 Å². The van der Waals surface area contributed by atoms with Crippen LogP contribution in [-0.4, -0.2) is 63.8 Å². The van der Waals surface area contributed by atoms with Gasteiger partial charge in [0.1, 0.15) is 12.2 Å². The van der Waals surface area contributed by atoms with Crippen molar-refractivity contribution < 1.29 is 33.1 Å². The van der Waals surface area contributed by atoms with Gasteiger partial charge in [0.05, 0.1) is 12.9 Å². The van der Waals surface area contributed by atoms with E-state index >= 15 is 0 Å². The highest BCUT2D eigenvalue weighted by molar-refractivity contribution is 7.46. The fourth-order valence-electron chi connectivity index (χ4n) is 2.90. The van der Waals surface area contributed by atoms with Gasteiger partial charge in [-0.15, -0.1) is 0 Å². The highest BCUT2D eigenvalue weighted by Gasteiger charge is 2.46. The molecule has 0 amide bonds. The molecule has 1 fully saturated rings. The smallest absolute Gasteiger partial charge is 0.387 e. The number of halogens is 1. The van der Waals surface area contributed by atoms with Crippen molar-refractivity contribution in [3.63, 3.8) is 0 Å². The number of hydrogen-bond acceptors (Lipinski definition) is 7. The van der Waals surface area contributed by atoms with E-state index in [9.17, 15) is 18.9 Å². The molecule has 3 aromatic rings. The first-order chi connectivity index (χ1) is 12.3. The highest BCUT2D eigenvalue weighted by Crippen LogP contribution is 2.39. The summed E-state index contributed by atoms with van der Waals surface area (Å²) in [4.78, 5) is 40.0. The molecule has 0 radical (unpaired) electrons. The van der Waals surface area contributed by atoms with Crippen LogP contribution in [0.5, 0.6) is 0 Å². The van der Waals surface area contributed by atoms with Gasteiger partial charge in [-0.1, -0.05) is 0 Å². The van der Waals surface area contributed by atoms with Gasteiger partial charge in [-0.3, -0.25) is 23.3 Å². The van der Waals surface area contributed by atoms with Crippen molar-refractivity contribution >= 4 is 24.8 Å². The zero-order valence-electron chi connectivity index (χ0n) is 12.8. The van der Waals surface area contributed by atoms with Gasteiger partial charge in [0, 0.05) is 12.4 Å². The number of imidazole rings is 2. The Morgan fingerprint density at radius 2 is 2.19 bits per heavy atom. The molecule has 1 saturated heterocycles. The molecular weight excluding hydrogens is 376 g/mol. The highest BCUT2D eigenvalue weighted by atomic mass is 31.2. The van der Waals surface area contributed by atoms with Crippen molar-refractivity contribution in [1.29, 1.82) is 0 Å². The van der Waals surface area contributed by atoms with Crippen LogP contribution in [0.4, 0.5) is 4.39 Å². The lowest BCUT2D eigenvalue weighted by atomic mass is 10.1. The lowest BCUT2D eigenvalue weighted by molar-refractivity contribution is -0.0452. The van der Waals surface area contributed by atoms with Gasteiger partial charge in [-0.2, -0.15) is 0 Å². The van der Waals surface area contributed by atoms with E-state index in [2.05, 4.69) is 19.5 Å². The molecule has 4 rings (SSSR count). The molecular formula is C12H13FN5O7P. The third-order valence-corrected chi connectivity index (χ3v) is 4.54. The maximum absolute atomic E-state index is 14.6. The second-order valence-corrected chi connectivity index (χ2v) is 6.92. The lowest BCUT2D eigenvalue weighted by Gasteiger charge is -2.16. The van der Waals surface area contributed by atoms with Crippen LogP contribution in [0, 0.1) is 0 Å². The van der Waals surface area contributed by atoms with Crippen LogP contribution in [-0.2, 0) is 13.8 Å². The first kappa shape index (κ1) is 17.3. The Balaban J connectivity index is 1.74. The molecule has 4 heterocycles. The molecule has 12 nitrogen and oxygen atoms in total. The van der Waals surface area contributed by atoms with Gasteiger partial charge in [0.25, 0.3) is 5.56 Å². The molecule has 0 saturated carbocycles. The van der Waals surface area contributed by atoms with Crippen LogP contribution in [0.2, 0.25) is 0 Å². The van der Waals surface area contributed by atoms with Gasteiger partial charge in [0.2, 0.25) is 5.78 Å². The summed E-state index contributed by atoms with van der Waals surface area (Å²) in [6.45, 7) is -0.712. The van der Waals surface area contributed by atoms with Gasteiger partial charge >= 0.3 is 7.82 Å². The Kier molecular flexibility index (Phi) is 3.95. The zero-order chi connectivity index (χ0) is 18.6. The van der Waals surface area contributed by atoms with E-state index in [1.807, 2.05) is 0 Å². The molecule has 140 valence electrons. The monoisotopic (exact) mass is 389 g/mol. The molecule has 0 spiro atoms. The molecule has 3 aromatic heterocycles. The largest absolute Gasteiger partial charge is 0.469 e. The van der Waals surface area contributed by atoms with E-state index < -0.39 is 44.6 Å². The second-order valence-electron chi connectivity index (χ2n) is 5.69. The van der Waals surface area contributed by atoms with E-state index in [1.165, 1.54) is 27.7 Å². The number of rotatable bonds is 4. The summed E-state index contributed by atoms with van der Waals surface area (Å²) in [6.07, 6.45) is -2.21. The number of aliphatic hydroxyl groups is 1. The Hall–Kier alpha value is -2.15. The number of aromatic amines is 1. The summed E-state index contributed by atoms with van der Waals surface area (Å²) in [5.74, 6) is 0.208. The Bertz CT molecular complexity index is 1070. The summed E-state index contributed by atoms with van der Waals surface area (Å²) in [5, 5.41) is 9.97. The minimum Gasteiger partial charge on any atom is -0.387 e. The minimum atomic E-state index is -4.80. The number of fused-ring (bicyclic) bond motifs is 3. The van der Waals surface area contributed by atoms with E-state index in [4.69, 9.17) is 14.5 Å². The number of phosphoric acid groups is 1. The van der Waals surface area contributed by atoms with Crippen molar-refractivity contribution in [1.82, 2.24) is 23.9 Å². The second kappa shape index (κ2) is 5.94. The molecule has 0 aromatic carbocycles. The molecule has 0 unspecified atom stereocenters. The molecule has 0 bridgehead atoms. The topological polar surface area (TPSA) is 164 Å². The van der Waals surface area contributed by atoms with Crippen molar-refractivity contribution in [3.8, 4) is 0 Å². The van der Waals surface area contributed by atoms with E-state index in [1.54, 1.807) is 0 Å². The summed E-state index contributed by atoms with van der Waals surface area (Å²) in [6, 6.07) is 0. The number of aliphatic hydroxyl groups excluding tert-OH is 1. The SMILES string of the molecule is O=c1[nH]c2nccn2c2c1ncn2[C@@H]1O[C@H](COP(=O)(O)O)[C@@H](O)[C@@H]1F. The third-order valence-electron chi connectivity index (χ3n) is 4.05.